The zero-order chi connectivity index (χ0) is 7.28. The number of hydrogen-bond donors (Lipinski definition) is 1. The van der Waals surface area contributed by atoms with E-state index in [1.165, 1.54) is 6.08 Å². The van der Waals surface area contributed by atoms with Crippen LogP contribution in [0, 0.1) is 12.5 Å². The van der Waals surface area contributed by atoms with E-state index in [1.807, 2.05) is 0 Å². The summed E-state index contributed by atoms with van der Waals surface area (Å²) in [6.45, 7) is 9.26. The van der Waals surface area contributed by atoms with Crippen molar-refractivity contribution >= 4 is 0 Å². The highest BCUT2D eigenvalue weighted by Crippen LogP contribution is 2.12. The first-order valence-corrected chi connectivity index (χ1v) is 3.49. The molecule has 0 aromatic carbocycles. The molecule has 1 radical (unpaired) electrons. The van der Waals surface area contributed by atoms with Crippen LogP contribution in [0.15, 0.2) is 6.08 Å². The fourth-order valence-corrected chi connectivity index (χ4v) is 0.929. The number of aliphatic hydroxyl groups excluding tert-OH is 1. The molecule has 1 nitrogen and oxygen atoms in total. The quantitative estimate of drug-likeness (QED) is 0.610. The van der Waals surface area contributed by atoms with Crippen molar-refractivity contribution in [1.29, 1.82) is 0 Å². The summed E-state index contributed by atoms with van der Waals surface area (Å²) < 4.78 is 0. The minimum Gasteiger partial charge on any atom is -0.389 e. The van der Waals surface area contributed by atoms with E-state index < -0.39 is 6.10 Å². The molecule has 1 N–H and O–H groups in total. The molecule has 0 heterocycles. The second kappa shape index (κ2) is 4.57. The summed E-state index contributed by atoms with van der Waals surface area (Å²) in [5.74, 6) is 0.343. The highest BCUT2D eigenvalue weighted by atomic mass is 16.3. The fraction of sp³-hybridized carbons (Fsp3) is 0.750. The lowest BCUT2D eigenvalue weighted by Gasteiger charge is -2.15. The molecule has 1 heteroatoms. The van der Waals surface area contributed by atoms with Crippen LogP contribution in [-0.2, 0) is 0 Å². The average Bonchev–Trinajstić information content (AvgIpc) is 1.90. The lowest BCUT2D eigenvalue weighted by Crippen LogP contribution is -2.15. The van der Waals surface area contributed by atoms with E-state index >= 15 is 0 Å². The first-order valence-electron chi connectivity index (χ1n) is 3.49. The molecule has 0 aliphatic heterocycles. The maximum Gasteiger partial charge on any atom is 0.0751 e. The van der Waals surface area contributed by atoms with Crippen molar-refractivity contribution in [2.24, 2.45) is 5.92 Å². The van der Waals surface area contributed by atoms with Crippen LogP contribution in [0.2, 0.25) is 0 Å². The standard InChI is InChI=1S/C8H15O/c1-4-7(5-2)8(9)6-3/h3,6-9H,4-5H2,1-2H3. The zero-order valence-corrected chi connectivity index (χ0v) is 6.17. The first-order chi connectivity index (χ1) is 4.26. The summed E-state index contributed by atoms with van der Waals surface area (Å²) in [6.07, 6.45) is 2.92. The van der Waals surface area contributed by atoms with E-state index in [1.54, 1.807) is 0 Å². The van der Waals surface area contributed by atoms with Gasteiger partial charge < -0.3 is 5.11 Å². The van der Waals surface area contributed by atoms with Gasteiger partial charge in [0.2, 0.25) is 0 Å². The Morgan fingerprint density at radius 3 is 2.00 bits per heavy atom. The Labute approximate surface area is 57.4 Å². The maximum absolute atomic E-state index is 9.14. The molecule has 0 rings (SSSR count). The number of rotatable bonds is 4. The Hall–Kier alpha value is -0.300. The number of hydrogen-bond acceptors (Lipinski definition) is 1. The molecule has 53 valence electrons. The monoisotopic (exact) mass is 127 g/mol. The molecule has 0 fully saturated rings. The van der Waals surface area contributed by atoms with Gasteiger partial charge >= 0.3 is 0 Å². The van der Waals surface area contributed by atoms with Gasteiger partial charge in [-0.3, -0.25) is 0 Å². The van der Waals surface area contributed by atoms with Gasteiger partial charge in [0.15, 0.2) is 0 Å². The molecular weight excluding hydrogens is 112 g/mol. The lowest BCUT2D eigenvalue weighted by atomic mass is 9.97. The summed E-state index contributed by atoms with van der Waals surface area (Å²) in [5, 5.41) is 9.14. The molecule has 0 aromatic rings. The zero-order valence-electron chi connectivity index (χ0n) is 6.17. The molecule has 9 heavy (non-hydrogen) atoms. The van der Waals surface area contributed by atoms with Gasteiger partial charge in [-0.2, -0.15) is 0 Å². The van der Waals surface area contributed by atoms with Gasteiger partial charge in [-0.25, -0.2) is 0 Å². The van der Waals surface area contributed by atoms with Gasteiger partial charge in [0, 0.05) is 0 Å². The largest absolute Gasteiger partial charge is 0.389 e. The van der Waals surface area contributed by atoms with Crippen LogP contribution in [-0.4, -0.2) is 11.2 Å². The van der Waals surface area contributed by atoms with Crippen LogP contribution in [0.3, 0.4) is 0 Å². The van der Waals surface area contributed by atoms with Crippen molar-refractivity contribution in [3.63, 3.8) is 0 Å². The predicted molar refractivity (Wildman–Crippen MR) is 38.9 cm³/mol. The van der Waals surface area contributed by atoms with Crippen molar-refractivity contribution < 1.29 is 5.11 Å². The Morgan fingerprint density at radius 1 is 1.44 bits per heavy atom. The summed E-state index contributed by atoms with van der Waals surface area (Å²) in [7, 11) is 0. The van der Waals surface area contributed by atoms with E-state index in [-0.39, 0.29) is 0 Å². The predicted octanol–water partition coefficient (Wildman–Crippen LogP) is 1.77. The minimum absolute atomic E-state index is 0.343. The first kappa shape index (κ1) is 8.70. The Kier molecular flexibility index (Phi) is 4.41. The van der Waals surface area contributed by atoms with Crippen LogP contribution in [0.1, 0.15) is 26.7 Å². The lowest BCUT2D eigenvalue weighted by molar-refractivity contribution is 0.147. The van der Waals surface area contributed by atoms with Crippen LogP contribution in [0.4, 0.5) is 0 Å². The van der Waals surface area contributed by atoms with Crippen molar-refractivity contribution in [3.8, 4) is 0 Å². The minimum atomic E-state index is -0.417. The Morgan fingerprint density at radius 2 is 1.89 bits per heavy atom. The molecule has 0 aliphatic carbocycles. The molecule has 0 aromatic heterocycles. The maximum atomic E-state index is 9.14. The molecule has 0 saturated heterocycles. The summed E-state index contributed by atoms with van der Waals surface area (Å²) in [5.41, 5.74) is 0. The topological polar surface area (TPSA) is 20.2 Å². The normalized spacial score (nSPS) is 13.8. The fourth-order valence-electron chi connectivity index (χ4n) is 0.929. The van der Waals surface area contributed by atoms with Crippen molar-refractivity contribution in [2.75, 3.05) is 0 Å². The van der Waals surface area contributed by atoms with Gasteiger partial charge in [0.05, 0.1) is 6.10 Å². The van der Waals surface area contributed by atoms with Gasteiger partial charge in [0.25, 0.3) is 0 Å². The van der Waals surface area contributed by atoms with Gasteiger partial charge in [0.1, 0.15) is 0 Å². The second-order valence-electron chi connectivity index (χ2n) is 2.26. The average molecular weight is 127 g/mol. The Bertz CT molecular complexity index is 74.6. The van der Waals surface area contributed by atoms with Crippen LogP contribution in [0.25, 0.3) is 0 Å². The molecule has 0 bridgehead atoms. The van der Waals surface area contributed by atoms with Crippen molar-refractivity contribution in [2.45, 2.75) is 32.8 Å². The van der Waals surface area contributed by atoms with Crippen molar-refractivity contribution in [1.82, 2.24) is 0 Å². The highest BCUT2D eigenvalue weighted by molar-refractivity contribution is 4.80. The molecule has 0 spiro atoms. The van der Waals surface area contributed by atoms with E-state index in [4.69, 9.17) is 11.7 Å². The molecule has 1 unspecified atom stereocenters. The SMILES string of the molecule is [CH]=CC(O)C(CC)CC. The van der Waals surface area contributed by atoms with Crippen LogP contribution < -0.4 is 0 Å². The third-order valence-electron chi connectivity index (χ3n) is 1.73. The third kappa shape index (κ3) is 2.66. The molecular formula is C8H15O. The molecule has 0 aliphatic rings. The molecule has 0 saturated carbocycles. The van der Waals surface area contributed by atoms with Crippen LogP contribution in [0.5, 0.6) is 0 Å². The van der Waals surface area contributed by atoms with E-state index in [9.17, 15) is 0 Å². The molecule has 1 atom stereocenters. The van der Waals surface area contributed by atoms with E-state index in [0.29, 0.717) is 5.92 Å². The highest BCUT2D eigenvalue weighted by Gasteiger charge is 2.10. The summed E-state index contributed by atoms with van der Waals surface area (Å²) >= 11 is 0. The van der Waals surface area contributed by atoms with Gasteiger partial charge in [-0.1, -0.05) is 39.3 Å². The summed E-state index contributed by atoms with van der Waals surface area (Å²) in [4.78, 5) is 0. The Balaban J connectivity index is 3.63. The van der Waals surface area contributed by atoms with E-state index in [2.05, 4.69) is 13.8 Å². The van der Waals surface area contributed by atoms with Gasteiger partial charge in [-0.05, 0) is 5.92 Å². The van der Waals surface area contributed by atoms with Crippen molar-refractivity contribution in [3.05, 3.63) is 12.7 Å². The molecule has 0 amide bonds. The van der Waals surface area contributed by atoms with Crippen LogP contribution >= 0.6 is 0 Å². The number of aliphatic hydroxyl groups is 1. The summed E-state index contributed by atoms with van der Waals surface area (Å²) in [6, 6.07) is 0. The second-order valence-corrected chi connectivity index (χ2v) is 2.26. The smallest absolute Gasteiger partial charge is 0.0751 e. The van der Waals surface area contributed by atoms with Gasteiger partial charge in [-0.15, -0.1) is 0 Å². The third-order valence-corrected chi connectivity index (χ3v) is 1.73. The van der Waals surface area contributed by atoms with E-state index in [0.717, 1.165) is 12.8 Å².